The topological polar surface area (TPSA) is 95.0 Å². The summed E-state index contributed by atoms with van der Waals surface area (Å²) in [4.78, 5) is 39.6. The molecule has 1 aromatic carbocycles. The number of hydrogen-bond acceptors (Lipinski definition) is 5. The summed E-state index contributed by atoms with van der Waals surface area (Å²) in [6, 6.07) is 7.68. The molecule has 0 radical (unpaired) electrons. The lowest BCUT2D eigenvalue weighted by molar-refractivity contribution is -0.149. The largest absolute Gasteiger partial charge is 0.477 e. The van der Waals surface area contributed by atoms with E-state index in [0.717, 1.165) is 4.90 Å². The first-order valence-electron chi connectivity index (χ1n) is 8.02. The number of thioether (sulfide) groups is 1. The van der Waals surface area contributed by atoms with E-state index in [9.17, 15) is 23.7 Å². The Morgan fingerprint density at radius 2 is 2.00 bits per heavy atom. The Bertz CT molecular complexity index is 824. The van der Waals surface area contributed by atoms with Crippen LogP contribution in [0.3, 0.4) is 0 Å². The van der Waals surface area contributed by atoms with Crippen molar-refractivity contribution >= 4 is 46.0 Å². The molecule has 0 saturated carbocycles. The van der Waals surface area contributed by atoms with Crippen molar-refractivity contribution in [2.45, 2.75) is 25.3 Å². The summed E-state index contributed by atoms with van der Waals surface area (Å²) >= 11 is 1.28. The summed E-state index contributed by atoms with van der Waals surface area (Å²) in [7, 11) is -1.49. The van der Waals surface area contributed by atoms with Crippen molar-refractivity contribution in [1.29, 1.82) is 0 Å². The Labute approximate surface area is 157 Å². The monoisotopic (exact) mass is 394 g/mol. The summed E-state index contributed by atoms with van der Waals surface area (Å²) in [5.74, 6) is -1.41. The van der Waals surface area contributed by atoms with Gasteiger partial charge in [0.15, 0.2) is 0 Å². The molecule has 2 unspecified atom stereocenters. The lowest BCUT2D eigenvalue weighted by Gasteiger charge is -2.52. The van der Waals surface area contributed by atoms with E-state index < -0.39 is 34.1 Å². The molecule has 2 amide bonds. The average molecular weight is 394 g/mol. The van der Waals surface area contributed by atoms with E-state index in [2.05, 4.69) is 0 Å². The number of β-lactam (4-membered cyclic amide) rings is 1. The maximum atomic E-state index is 12.8. The van der Waals surface area contributed by atoms with Crippen LogP contribution < -0.4 is 4.90 Å². The van der Waals surface area contributed by atoms with Gasteiger partial charge in [0.05, 0.1) is 16.6 Å². The van der Waals surface area contributed by atoms with Crippen molar-refractivity contribution in [2.75, 3.05) is 16.4 Å². The molecule has 0 aliphatic carbocycles. The number of benzene rings is 1. The van der Waals surface area contributed by atoms with Gasteiger partial charge in [0.1, 0.15) is 17.1 Å². The Kier molecular flexibility index (Phi) is 5.19. The predicted molar refractivity (Wildman–Crippen MR) is 99.8 cm³/mol. The quantitative estimate of drug-likeness (QED) is 0.759. The third kappa shape index (κ3) is 2.95. The molecule has 2 heterocycles. The molecule has 3 atom stereocenters. The number of nitrogens with zero attached hydrogens (tertiary/aromatic N) is 2. The van der Waals surface area contributed by atoms with Crippen LogP contribution in [-0.4, -0.2) is 54.9 Å². The third-order valence-corrected chi connectivity index (χ3v) is 6.97. The van der Waals surface area contributed by atoms with Gasteiger partial charge in [-0.3, -0.25) is 23.6 Å². The smallest absolute Gasteiger partial charge is 0.353 e. The molecular formula is C17H18N2O5S2. The van der Waals surface area contributed by atoms with E-state index in [0.29, 0.717) is 16.3 Å². The van der Waals surface area contributed by atoms with E-state index >= 15 is 0 Å². The Balaban J connectivity index is 2.02. The van der Waals surface area contributed by atoms with Crippen LogP contribution >= 0.6 is 11.8 Å². The molecule has 1 saturated heterocycles. The second kappa shape index (κ2) is 7.24. The number of carbonyl (C=O) groups is 3. The molecule has 7 nitrogen and oxygen atoms in total. The van der Waals surface area contributed by atoms with Crippen LogP contribution in [0.4, 0.5) is 5.69 Å². The van der Waals surface area contributed by atoms with Crippen LogP contribution in [0.5, 0.6) is 0 Å². The zero-order valence-electron chi connectivity index (χ0n) is 14.2. The highest BCUT2D eigenvalue weighted by Gasteiger charge is 2.59. The van der Waals surface area contributed by atoms with E-state index in [1.807, 2.05) is 6.92 Å². The number of carboxylic acid groups (broad SMARTS) is 1. The van der Waals surface area contributed by atoms with Gasteiger partial charge in [0.2, 0.25) is 5.91 Å². The molecule has 2 aliphatic rings. The summed E-state index contributed by atoms with van der Waals surface area (Å²) in [6.07, 6.45) is 0. The number of amides is 2. The number of anilines is 1. The number of aliphatic carboxylic acids is 1. The van der Waals surface area contributed by atoms with E-state index in [1.54, 1.807) is 30.3 Å². The van der Waals surface area contributed by atoms with Crippen molar-refractivity contribution in [2.24, 2.45) is 0 Å². The van der Waals surface area contributed by atoms with Gasteiger partial charge in [-0.05, 0) is 17.9 Å². The van der Waals surface area contributed by atoms with Crippen LogP contribution in [0.2, 0.25) is 0 Å². The minimum Gasteiger partial charge on any atom is -0.477 e. The predicted octanol–water partition coefficient (Wildman–Crippen LogP) is 1.39. The van der Waals surface area contributed by atoms with Crippen LogP contribution in [0.25, 0.3) is 0 Å². The fraction of sp³-hybridized carbons (Fsp3) is 0.353. The van der Waals surface area contributed by atoms with Crippen LogP contribution in [0.1, 0.15) is 13.8 Å². The number of carboxylic acids is 1. The van der Waals surface area contributed by atoms with Gasteiger partial charge in [-0.2, -0.15) is 0 Å². The molecule has 26 heavy (non-hydrogen) atoms. The van der Waals surface area contributed by atoms with Crippen LogP contribution in [0, 0.1) is 0 Å². The van der Waals surface area contributed by atoms with Crippen molar-refractivity contribution < 1.29 is 23.7 Å². The SMILES string of the molecule is CCSC1=C(C(=O)O)N2C(=O)C(N(C(C)=O)c3ccccc3)[C@@H]2S(=O)C1. The minimum absolute atomic E-state index is 0.0750. The highest BCUT2D eigenvalue weighted by molar-refractivity contribution is 8.04. The Hall–Kier alpha value is -2.13. The number of rotatable bonds is 5. The first-order chi connectivity index (χ1) is 12.4. The first-order valence-corrected chi connectivity index (χ1v) is 10.4. The van der Waals surface area contributed by atoms with Crippen LogP contribution in [-0.2, 0) is 25.2 Å². The molecule has 1 fully saturated rings. The number of fused-ring (bicyclic) bond motifs is 1. The first kappa shape index (κ1) is 18.7. The highest BCUT2D eigenvalue weighted by atomic mass is 32.2. The zero-order valence-corrected chi connectivity index (χ0v) is 15.9. The lowest BCUT2D eigenvalue weighted by Crippen LogP contribution is -2.74. The summed E-state index contributed by atoms with van der Waals surface area (Å²) in [6.45, 7) is 3.20. The highest BCUT2D eigenvalue weighted by Crippen LogP contribution is 2.41. The van der Waals surface area contributed by atoms with Gasteiger partial charge >= 0.3 is 5.97 Å². The Morgan fingerprint density at radius 1 is 1.35 bits per heavy atom. The van der Waals surface area contributed by atoms with Crippen molar-refractivity contribution in [3.05, 3.63) is 40.9 Å². The maximum Gasteiger partial charge on any atom is 0.353 e. The fourth-order valence-electron chi connectivity index (χ4n) is 3.24. The molecule has 138 valence electrons. The molecule has 2 aliphatic heterocycles. The lowest BCUT2D eigenvalue weighted by atomic mass is 10.0. The summed E-state index contributed by atoms with van der Waals surface area (Å²) in [5.41, 5.74) is 0.406. The molecule has 1 aromatic rings. The Morgan fingerprint density at radius 3 is 2.54 bits per heavy atom. The van der Waals surface area contributed by atoms with E-state index in [1.165, 1.54) is 23.6 Å². The van der Waals surface area contributed by atoms with Crippen molar-refractivity contribution in [3.8, 4) is 0 Å². The maximum absolute atomic E-state index is 12.8. The van der Waals surface area contributed by atoms with Gasteiger partial charge < -0.3 is 5.11 Å². The molecule has 0 spiro atoms. The second-order valence-corrected chi connectivity index (χ2v) is 8.70. The minimum atomic E-state index is -1.49. The van der Waals surface area contributed by atoms with Gasteiger partial charge in [-0.25, -0.2) is 4.79 Å². The third-order valence-electron chi connectivity index (χ3n) is 4.24. The van der Waals surface area contributed by atoms with E-state index in [4.69, 9.17) is 0 Å². The average Bonchev–Trinajstić information content (AvgIpc) is 2.59. The molecular weight excluding hydrogens is 376 g/mol. The molecule has 0 bridgehead atoms. The summed E-state index contributed by atoms with van der Waals surface area (Å²) < 4.78 is 12.8. The molecule has 9 heteroatoms. The van der Waals surface area contributed by atoms with Crippen molar-refractivity contribution in [1.82, 2.24) is 4.90 Å². The van der Waals surface area contributed by atoms with Gasteiger partial charge in [-0.15, -0.1) is 11.8 Å². The van der Waals surface area contributed by atoms with Crippen molar-refractivity contribution in [3.63, 3.8) is 0 Å². The molecule has 0 aromatic heterocycles. The van der Waals surface area contributed by atoms with Gasteiger partial charge in [0.25, 0.3) is 5.91 Å². The number of para-hydroxylation sites is 1. The van der Waals surface area contributed by atoms with Gasteiger partial charge in [0, 0.05) is 17.5 Å². The van der Waals surface area contributed by atoms with Gasteiger partial charge in [-0.1, -0.05) is 25.1 Å². The second-order valence-electron chi connectivity index (χ2n) is 5.80. The summed E-state index contributed by atoms with van der Waals surface area (Å²) in [5, 5.41) is 8.72. The number of carbonyl (C=O) groups excluding carboxylic acids is 2. The van der Waals surface area contributed by atoms with Crippen LogP contribution in [0.15, 0.2) is 40.9 Å². The van der Waals surface area contributed by atoms with E-state index in [-0.39, 0.29) is 17.4 Å². The molecule has 3 rings (SSSR count). The fourth-order valence-corrected chi connectivity index (χ4v) is 6.13. The standard InChI is InChI=1S/C17H18N2O5S2/c1-3-25-12-9-26(24)16-14(15(21)19(16)13(12)17(22)23)18(10(2)20)11-7-5-4-6-8-11/h4-8,14,16H,3,9H2,1-2H3,(H,22,23)/t14?,16-,26?/m0/s1. The molecule has 1 N–H and O–H groups in total. The zero-order chi connectivity index (χ0) is 19.0. The number of hydrogen-bond donors (Lipinski definition) is 1. The normalized spacial score (nSPS) is 24.8.